The number of hydrogen-bond donors (Lipinski definition) is 0. The van der Waals surface area contributed by atoms with Gasteiger partial charge in [0.05, 0.1) is 13.7 Å². The van der Waals surface area contributed by atoms with Crippen molar-refractivity contribution in [2.75, 3.05) is 46.9 Å². The van der Waals surface area contributed by atoms with Crippen LogP contribution in [0.1, 0.15) is 51.5 Å². The normalized spacial score (nSPS) is 18.7. The van der Waals surface area contributed by atoms with E-state index in [0.29, 0.717) is 50.2 Å². The topological polar surface area (TPSA) is 79.4 Å². The number of carbonyl (C=O) groups excluding carboxylic acids is 1. The van der Waals surface area contributed by atoms with Crippen LogP contribution in [0.2, 0.25) is 0 Å². The lowest BCUT2D eigenvalue weighted by atomic mass is 9.96. The zero-order valence-corrected chi connectivity index (χ0v) is 21.7. The van der Waals surface area contributed by atoms with Gasteiger partial charge in [0.1, 0.15) is 0 Å². The first kappa shape index (κ1) is 26.5. The van der Waals surface area contributed by atoms with E-state index in [1.165, 1.54) is 16.8 Å². The van der Waals surface area contributed by atoms with E-state index in [9.17, 15) is 13.2 Å². The van der Waals surface area contributed by atoms with E-state index in [1.807, 2.05) is 18.2 Å². The molecule has 1 saturated heterocycles. The molecule has 9 heteroatoms. The van der Waals surface area contributed by atoms with Crippen LogP contribution in [-0.2, 0) is 15.0 Å². The highest BCUT2D eigenvalue weighted by Gasteiger charge is 2.35. The van der Waals surface area contributed by atoms with Gasteiger partial charge in [0.25, 0.3) is 10.2 Å². The Hall–Kier alpha value is -2.10. The molecule has 1 heterocycles. The first-order chi connectivity index (χ1) is 16.2. The Bertz CT molecular complexity index is 949. The summed E-state index contributed by atoms with van der Waals surface area (Å²) >= 11 is 0. The highest BCUT2D eigenvalue weighted by Crippen LogP contribution is 2.29. The number of methoxy groups -OCH3 is 1. The van der Waals surface area contributed by atoms with Crippen LogP contribution < -0.4 is 9.47 Å². The van der Waals surface area contributed by atoms with E-state index in [2.05, 4.69) is 13.8 Å². The van der Waals surface area contributed by atoms with Crippen LogP contribution in [0.5, 0.6) is 11.5 Å². The van der Waals surface area contributed by atoms with Gasteiger partial charge < -0.3 is 14.4 Å². The Kier molecular flexibility index (Phi) is 9.39. The van der Waals surface area contributed by atoms with Crippen molar-refractivity contribution in [3.8, 4) is 11.5 Å². The third-order valence-electron chi connectivity index (χ3n) is 6.51. The van der Waals surface area contributed by atoms with Gasteiger partial charge in [-0.1, -0.05) is 39.2 Å². The molecule has 0 spiro atoms. The third-order valence-corrected chi connectivity index (χ3v) is 8.55. The van der Waals surface area contributed by atoms with E-state index < -0.39 is 10.2 Å². The maximum Gasteiger partial charge on any atom is 0.282 e. The molecule has 1 aliphatic heterocycles. The molecule has 0 unspecified atom stereocenters. The van der Waals surface area contributed by atoms with Crippen molar-refractivity contribution in [3.05, 3.63) is 29.8 Å². The molecule has 0 N–H and O–H groups in total. The summed E-state index contributed by atoms with van der Waals surface area (Å²) in [6, 6.07) is 5.65. The molecule has 0 bridgehead atoms. The largest absolute Gasteiger partial charge is 0.493 e. The summed E-state index contributed by atoms with van der Waals surface area (Å²) in [7, 11) is -0.217. The molecule has 1 aromatic carbocycles. The molecule has 0 aromatic heterocycles. The Morgan fingerprint density at radius 1 is 1.12 bits per heavy atom. The zero-order valence-electron chi connectivity index (χ0n) is 20.9. The average molecular weight is 494 g/mol. The first-order valence-electron chi connectivity index (χ1n) is 12.2. The number of hydrogen-bond acceptors (Lipinski definition) is 5. The van der Waals surface area contributed by atoms with Gasteiger partial charge in [0.2, 0.25) is 5.91 Å². The highest BCUT2D eigenvalue weighted by molar-refractivity contribution is 7.86. The van der Waals surface area contributed by atoms with Crippen molar-refractivity contribution in [2.24, 2.45) is 5.92 Å². The van der Waals surface area contributed by atoms with Gasteiger partial charge in [-0.25, -0.2) is 0 Å². The number of ether oxygens (including phenoxy) is 2. The molecule has 8 nitrogen and oxygen atoms in total. The molecule has 2 aliphatic rings. The van der Waals surface area contributed by atoms with Crippen LogP contribution >= 0.6 is 0 Å². The van der Waals surface area contributed by atoms with E-state index in [0.717, 1.165) is 31.2 Å². The fraction of sp³-hybridized carbons (Fsp3) is 0.640. The van der Waals surface area contributed by atoms with E-state index in [1.54, 1.807) is 29.4 Å². The Labute approximate surface area is 204 Å². The lowest BCUT2D eigenvalue weighted by molar-refractivity contribution is -0.127. The summed E-state index contributed by atoms with van der Waals surface area (Å²) in [6.45, 7) is 6.16. The van der Waals surface area contributed by atoms with Crippen molar-refractivity contribution in [1.29, 1.82) is 0 Å². The molecule has 1 amide bonds. The second-order valence-corrected chi connectivity index (χ2v) is 11.5. The number of piperazine rings is 1. The minimum absolute atomic E-state index is 0.0838. The first-order valence-corrected chi connectivity index (χ1v) is 13.6. The van der Waals surface area contributed by atoms with Gasteiger partial charge in [-0.05, 0) is 42.5 Å². The van der Waals surface area contributed by atoms with Gasteiger partial charge in [-0.3, -0.25) is 4.79 Å². The number of amides is 1. The molecule has 1 aromatic rings. The maximum atomic E-state index is 13.1. The number of carbonyl (C=O) groups is 1. The standard InChI is InChI=1S/C25H39N3O5S/c1-20(2)19-33-23-12-10-21(18-24(23)32-4)11-13-25(29)27-14-16-28(17-15-27)34(30,31)26(3)22-8-6-5-7-9-22/h10-13,18,20,22H,5-9,14-17,19H2,1-4H3/b13-11+. The Morgan fingerprint density at radius 2 is 1.79 bits per heavy atom. The smallest absolute Gasteiger partial charge is 0.282 e. The summed E-state index contributed by atoms with van der Waals surface area (Å²) in [6.07, 6.45) is 8.47. The van der Waals surface area contributed by atoms with Gasteiger partial charge in [-0.15, -0.1) is 0 Å². The lowest BCUT2D eigenvalue weighted by Gasteiger charge is -2.38. The molecule has 1 aliphatic carbocycles. The Balaban J connectivity index is 1.55. The summed E-state index contributed by atoms with van der Waals surface area (Å²) in [4.78, 5) is 14.4. The van der Waals surface area contributed by atoms with Gasteiger partial charge in [0.15, 0.2) is 11.5 Å². The van der Waals surface area contributed by atoms with Crippen LogP contribution in [0.3, 0.4) is 0 Å². The molecule has 0 atom stereocenters. The van der Waals surface area contributed by atoms with Crippen LogP contribution in [0.4, 0.5) is 0 Å². The number of benzene rings is 1. The van der Waals surface area contributed by atoms with Crippen molar-refractivity contribution in [2.45, 2.75) is 52.0 Å². The molecule has 34 heavy (non-hydrogen) atoms. The Morgan fingerprint density at radius 3 is 2.41 bits per heavy atom. The number of rotatable bonds is 9. The molecular formula is C25H39N3O5S. The summed E-state index contributed by atoms with van der Waals surface area (Å²) < 4.78 is 40.4. The summed E-state index contributed by atoms with van der Waals surface area (Å²) in [5, 5.41) is 0. The quantitative estimate of drug-likeness (QED) is 0.493. The minimum atomic E-state index is -3.50. The SMILES string of the molecule is COc1cc(/C=C/C(=O)N2CCN(S(=O)(=O)N(C)C3CCCCC3)CC2)ccc1OCC(C)C. The minimum Gasteiger partial charge on any atom is -0.493 e. The van der Waals surface area contributed by atoms with E-state index in [4.69, 9.17) is 9.47 Å². The molecule has 0 radical (unpaired) electrons. The van der Waals surface area contributed by atoms with Crippen LogP contribution in [0.15, 0.2) is 24.3 Å². The molecule has 3 rings (SSSR count). The zero-order chi connectivity index (χ0) is 24.7. The monoisotopic (exact) mass is 493 g/mol. The van der Waals surface area contributed by atoms with E-state index >= 15 is 0 Å². The van der Waals surface area contributed by atoms with Crippen molar-refractivity contribution in [3.63, 3.8) is 0 Å². The highest BCUT2D eigenvalue weighted by atomic mass is 32.2. The number of nitrogens with zero attached hydrogens (tertiary/aromatic N) is 3. The fourth-order valence-corrected chi connectivity index (χ4v) is 5.97. The molecule has 1 saturated carbocycles. The second kappa shape index (κ2) is 12.0. The molecule has 190 valence electrons. The van der Waals surface area contributed by atoms with Gasteiger partial charge in [0, 0.05) is 45.3 Å². The van der Waals surface area contributed by atoms with Crippen LogP contribution in [-0.4, -0.2) is 80.8 Å². The third kappa shape index (κ3) is 6.73. The average Bonchev–Trinajstić information content (AvgIpc) is 2.86. The molecule has 2 fully saturated rings. The summed E-state index contributed by atoms with van der Waals surface area (Å²) in [5.41, 5.74) is 0.831. The molecular weight excluding hydrogens is 454 g/mol. The second-order valence-electron chi connectivity index (χ2n) is 9.49. The maximum absolute atomic E-state index is 13.1. The predicted octanol–water partition coefficient (Wildman–Crippen LogP) is 3.40. The van der Waals surface area contributed by atoms with Crippen molar-refractivity contribution in [1.82, 2.24) is 13.5 Å². The van der Waals surface area contributed by atoms with Crippen LogP contribution in [0.25, 0.3) is 6.08 Å². The van der Waals surface area contributed by atoms with Crippen LogP contribution in [0, 0.1) is 5.92 Å². The van der Waals surface area contributed by atoms with Gasteiger partial charge in [-0.2, -0.15) is 17.0 Å². The van der Waals surface area contributed by atoms with E-state index in [-0.39, 0.29) is 11.9 Å². The van der Waals surface area contributed by atoms with Crippen molar-refractivity contribution >= 4 is 22.2 Å². The van der Waals surface area contributed by atoms with Gasteiger partial charge >= 0.3 is 0 Å². The van der Waals surface area contributed by atoms with Crippen molar-refractivity contribution < 1.29 is 22.7 Å². The fourth-order valence-electron chi connectivity index (χ4n) is 4.39. The lowest BCUT2D eigenvalue weighted by Crippen LogP contribution is -2.55. The summed E-state index contributed by atoms with van der Waals surface area (Å²) in [5.74, 6) is 1.58. The predicted molar refractivity (Wildman–Crippen MR) is 134 cm³/mol.